The summed E-state index contributed by atoms with van der Waals surface area (Å²) in [5, 5.41) is 3.45. The van der Waals surface area contributed by atoms with Gasteiger partial charge in [-0.1, -0.05) is 19.9 Å². The summed E-state index contributed by atoms with van der Waals surface area (Å²) in [4.78, 5) is 0. The first-order valence-corrected chi connectivity index (χ1v) is 7.60. The van der Waals surface area contributed by atoms with E-state index < -0.39 is 0 Å². The summed E-state index contributed by atoms with van der Waals surface area (Å²) in [5.74, 6) is 2.33. The topological polar surface area (TPSA) is 39.7 Å². The standard InChI is InChI=1S/C17H29NO3/c1-13(2)11-18-12-15-6-7-16(20-5)10-17(15)21-14(3)8-9-19-4/h6-7,10,13-14,18H,8-9,11-12H2,1-5H3. The molecule has 0 heterocycles. The van der Waals surface area contributed by atoms with Crippen LogP contribution in [0.3, 0.4) is 0 Å². The van der Waals surface area contributed by atoms with Crippen molar-refractivity contribution in [3.05, 3.63) is 23.8 Å². The van der Waals surface area contributed by atoms with Crippen LogP contribution < -0.4 is 14.8 Å². The second kappa shape index (κ2) is 9.64. The van der Waals surface area contributed by atoms with Crippen LogP contribution in [0, 0.1) is 5.92 Å². The number of nitrogens with one attached hydrogen (secondary N) is 1. The smallest absolute Gasteiger partial charge is 0.127 e. The van der Waals surface area contributed by atoms with Gasteiger partial charge in [-0.2, -0.15) is 0 Å². The maximum Gasteiger partial charge on any atom is 0.127 e. The highest BCUT2D eigenvalue weighted by atomic mass is 16.5. The van der Waals surface area contributed by atoms with Crippen molar-refractivity contribution in [3.63, 3.8) is 0 Å². The number of rotatable bonds is 10. The summed E-state index contributed by atoms with van der Waals surface area (Å²) in [6, 6.07) is 5.99. The minimum Gasteiger partial charge on any atom is -0.497 e. The van der Waals surface area contributed by atoms with Gasteiger partial charge in [0, 0.05) is 38.3 Å². The summed E-state index contributed by atoms with van der Waals surface area (Å²) in [7, 11) is 3.38. The lowest BCUT2D eigenvalue weighted by Crippen LogP contribution is -2.21. The van der Waals surface area contributed by atoms with E-state index in [1.54, 1.807) is 14.2 Å². The molecule has 0 aromatic heterocycles. The van der Waals surface area contributed by atoms with Crippen LogP contribution in [0.1, 0.15) is 32.8 Å². The maximum absolute atomic E-state index is 6.05. The first-order valence-electron chi connectivity index (χ1n) is 7.60. The van der Waals surface area contributed by atoms with Crippen molar-refractivity contribution in [1.82, 2.24) is 5.32 Å². The molecule has 0 saturated carbocycles. The van der Waals surface area contributed by atoms with E-state index in [9.17, 15) is 0 Å². The number of methoxy groups -OCH3 is 2. The number of benzene rings is 1. The lowest BCUT2D eigenvalue weighted by Gasteiger charge is -2.18. The fraction of sp³-hybridized carbons (Fsp3) is 0.647. The van der Waals surface area contributed by atoms with Gasteiger partial charge in [-0.15, -0.1) is 0 Å². The van der Waals surface area contributed by atoms with Crippen LogP contribution in [0.4, 0.5) is 0 Å². The van der Waals surface area contributed by atoms with E-state index in [0.29, 0.717) is 12.5 Å². The maximum atomic E-state index is 6.05. The first-order chi connectivity index (χ1) is 10.1. The highest BCUT2D eigenvalue weighted by Gasteiger charge is 2.10. The van der Waals surface area contributed by atoms with Gasteiger partial charge in [0.15, 0.2) is 0 Å². The van der Waals surface area contributed by atoms with E-state index in [1.165, 1.54) is 0 Å². The molecule has 1 N–H and O–H groups in total. The normalized spacial score (nSPS) is 12.5. The molecule has 0 amide bonds. The highest BCUT2D eigenvalue weighted by molar-refractivity contribution is 5.40. The predicted molar refractivity (Wildman–Crippen MR) is 86.1 cm³/mol. The lowest BCUT2D eigenvalue weighted by molar-refractivity contribution is 0.134. The molecule has 1 rings (SSSR count). The Bertz CT molecular complexity index is 407. The van der Waals surface area contributed by atoms with Crippen molar-refractivity contribution < 1.29 is 14.2 Å². The zero-order valence-corrected chi connectivity index (χ0v) is 13.9. The van der Waals surface area contributed by atoms with Gasteiger partial charge in [0.05, 0.1) is 13.2 Å². The fourth-order valence-electron chi connectivity index (χ4n) is 1.97. The molecule has 4 heteroatoms. The van der Waals surface area contributed by atoms with Crippen molar-refractivity contribution >= 4 is 0 Å². The van der Waals surface area contributed by atoms with Crippen molar-refractivity contribution in [1.29, 1.82) is 0 Å². The van der Waals surface area contributed by atoms with Crippen LogP contribution in [0.5, 0.6) is 11.5 Å². The fourth-order valence-corrected chi connectivity index (χ4v) is 1.97. The monoisotopic (exact) mass is 295 g/mol. The third kappa shape index (κ3) is 6.82. The average Bonchev–Trinajstić information content (AvgIpc) is 2.46. The second-order valence-corrected chi connectivity index (χ2v) is 5.71. The molecule has 0 aliphatic heterocycles. The molecule has 1 aromatic carbocycles. The first kappa shape index (κ1) is 17.8. The molecule has 0 fully saturated rings. The molecule has 0 spiro atoms. The van der Waals surface area contributed by atoms with E-state index in [1.807, 2.05) is 12.1 Å². The Balaban J connectivity index is 2.71. The van der Waals surface area contributed by atoms with Crippen LogP contribution in [-0.2, 0) is 11.3 Å². The molecule has 4 nitrogen and oxygen atoms in total. The quantitative estimate of drug-likeness (QED) is 0.719. The van der Waals surface area contributed by atoms with E-state index in [0.717, 1.165) is 36.6 Å². The van der Waals surface area contributed by atoms with Crippen LogP contribution in [0.15, 0.2) is 18.2 Å². The molecular weight excluding hydrogens is 266 g/mol. The molecule has 0 radical (unpaired) electrons. The van der Waals surface area contributed by atoms with Gasteiger partial charge in [-0.05, 0) is 25.5 Å². The Morgan fingerprint density at radius 3 is 2.52 bits per heavy atom. The average molecular weight is 295 g/mol. The second-order valence-electron chi connectivity index (χ2n) is 5.71. The summed E-state index contributed by atoms with van der Waals surface area (Å²) in [5.41, 5.74) is 1.15. The Morgan fingerprint density at radius 1 is 1.14 bits per heavy atom. The summed E-state index contributed by atoms with van der Waals surface area (Å²) >= 11 is 0. The van der Waals surface area contributed by atoms with E-state index in [2.05, 4.69) is 32.2 Å². The van der Waals surface area contributed by atoms with Gasteiger partial charge in [0.25, 0.3) is 0 Å². The minimum absolute atomic E-state index is 0.112. The minimum atomic E-state index is 0.112. The van der Waals surface area contributed by atoms with Gasteiger partial charge in [-0.3, -0.25) is 0 Å². The zero-order valence-electron chi connectivity index (χ0n) is 13.9. The highest BCUT2D eigenvalue weighted by Crippen LogP contribution is 2.26. The van der Waals surface area contributed by atoms with Crippen LogP contribution >= 0.6 is 0 Å². The molecule has 0 saturated heterocycles. The molecule has 21 heavy (non-hydrogen) atoms. The van der Waals surface area contributed by atoms with Crippen molar-refractivity contribution in [2.75, 3.05) is 27.4 Å². The van der Waals surface area contributed by atoms with Gasteiger partial charge < -0.3 is 19.5 Å². The zero-order chi connectivity index (χ0) is 15.7. The molecule has 0 aliphatic carbocycles. The van der Waals surface area contributed by atoms with E-state index in [-0.39, 0.29) is 6.10 Å². The van der Waals surface area contributed by atoms with E-state index >= 15 is 0 Å². The van der Waals surface area contributed by atoms with Crippen LogP contribution in [0.25, 0.3) is 0 Å². The Kier molecular flexibility index (Phi) is 8.16. The Hall–Kier alpha value is -1.26. The van der Waals surface area contributed by atoms with Crippen molar-refractivity contribution in [3.8, 4) is 11.5 Å². The molecule has 1 unspecified atom stereocenters. The predicted octanol–water partition coefficient (Wildman–Crippen LogP) is 3.24. The van der Waals surface area contributed by atoms with E-state index in [4.69, 9.17) is 14.2 Å². The largest absolute Gasteiger partial charge is 0.497 e. The van der Waals surface area contributed by atoms with Gasteiger partial charge in [0.2, 0.25) is 0 Å². The number of hydrogen-bond acceptors (Lipinski definition) is 4. The van der Waals surface area contributed by atoms with Crippen molar-refractivity contribution in [2.45, 2.75) is 39.8 Å². The summed E-state index contributed by atoms with van der Waals surface area (Å²) < 4.78 is 16.4. The Morgan fingerprint density at radius 2 is 1.90 bits per heavy atom. The van der Waals surface area contributed by atoms with Crippen LogP contribution in [-0.4, -0.2) is 33.5 Å². The molecule has 1 aromatic rings. The third-order valence-electron chi connectivity index (χ3n) is 3.20. The van der Waals surface area contributed by atoms with Gasteiger partial charge in [0.1, 0.15) is 11.5 Å². The molecule has 120 valence electrons. The lowest BCUT2D eigenvalue weighted by atomic mass is 10.1. The summed E-state index contributed by atoms with van der Waals surface area (Å²) in [6.07, 6.45) is 0.980. The Labute approximate surface area is 128 Å². The van der Waals surface area contributed by atoms with Gasteiger partial charge >= 0.3 is 0 Å². The molecule has 1 atom stereocenters. The molecule has 0 aliphatic rings. The SMILES string of the molecule is COCCC(C)Oc1cc(OC)ccc1CNCC(C)C. The van der Waals surface area contributed by atoms with Gasteiger partial charge in [-0.25, -0.2) is 0 Å². The van der Waals surface area contributed by atoms with Crippen LogP contribution in [0.2, 0.25) is 0 Å². The molecular formula is C17H29NO3. The summed E-state index contributed by atoms with van der Waals surface area (Å²) in [6.45, 7) is 8.95. The number of ether oxygens (including phenoxy) is 3. The number of hydrogen-bond donors (Lipinski definition) is 1. The van der Waals surface area contributed by atoms with Crippen molar-refractivity contribution in [2.24, 2.45) is 5.92 Å². The molecule has 0 bridgehead atoms. The third-order valence-corrected chi connectivity index (χ3v) is 3.20.